The van der Waals surface area contributed by atoms with E-state index in [4.69, 9.17) is 5.73 Å². The molecule has 0 aromatic rings. The Bertz CT molecular complexity index is 249. The summed E-state index contributed by atoms with van der Waals surface area (Å²) in [5.74, 6) is 2.57. The van der Waals surface area contributed by atoms with Crippen LogP contribution in [0.2, 0.25) is 0 Å². The fourth-order valence-electron chi connectivity index (χ4n) is 4.45. The van der Waals surface area contributed by atoms with Crippen molar-refractivity contribution in [3.63, 3.8) is 0 Å². The number of nitrogens with two attached hydrogens (primary N) is 1. The van der Waals surface area contributed by atoms with Crippen molar-refractivity contribution >= 4 is 0 Å². The van der Waals surface area contributed by atoms with Crippen molar-refractivity contribution in [1.29, 1.82) is 0 Å². The summed E-state index contributed by atoms with van der Waals surface area (Å²) in [6, 6.07) is 0.499. The van der Waals surface area contributed by atoms with E-state index < -0.39 is 0 Å². The highest BCUT2D eigenvalue weighted by molar-refractivity contribution is 4.87. The first-order valence-corrected chi connectivity index (χ1v) is 8.74. The van der Waals surface area contributed by atoms with E-state index in [1.807, 2.05) is 0 Å². The number of rotatable bonds is 2. The van der Waals surface area contributed by atoms with Gasteiger partial charge in [0.05, 0.1) is 0 Å². The lowest BCUT2D eigenvalue weighted by atomic mass is 9.67. The molecule has 0 aromatic carbocycles. The topological polar surface area (TPSA) is 26.0 Å². The van der Waals surface area contributed by atoms with Gasteiger partial charge in [-0.25, -0.2) is 0 Å². The molecule has 1 nitrogen and oxygen atoms in total. The van der Waals surface area contributed by atoms with Crippen LogP contribution in [-0.2, 0) is 0 Å². The summed E-state index contributed by atoms with van der Waals surface area (Å²) < 4.78 is 0. The minimum atomic E-state index is 0.497. The van der Waals surface area contributed by atoms with Gasteiger partial charge < -0.3 is 5.73 Å². The SMILES string of the molecule is CC(C)(C)C1CCC(C(N)C2CCCCCC2)CC1. The van der Waals surface area contributed by atoms with Gasteiger partial charge in [0, 0.05) is 6.04 Å². The molecular formula is C18H35N. The summed E-state index contributed by atoms with van der Waals surface area (Å²) in [5, 5.41) is 0. The van der Waals surface area contributed by atoms with Crippen LogP contribution in [0.25, 0.3) is 0 Å². The largest absolute Gasteiger partial charge is 0.327 e. The van der Waals surface area contributed by atoms with Crippen molar-refractivity contribution in [3.8, 4) is 0 Å². The summed E-state index contributed by atoms with van der Waals surface area (Å²) >= 11 is 0. The summed E-state index contributed by atoms with van der Waals surface area (Å²) in [6.45, 7) is 7.22. The van der Waals surface area contributed by atoms with E-state index in [0.29, 0.717) is 11.5 Å². The highest BCUT2D eigenvalue weighted by Crippen LogP contribution is 2.42. The summed E-state index contributed by atoms with van der Waals surface area (Å²) in [4.78, 5) is 0. The van der Waals surface area contributed by atoms with Crippen molar-refractivity contribution in [3.05, 3.63) is 0 Å². The van der Waals surface area contributed by atoms with E-state index in [1.54, 1.807) is 0 Å². The van der Waals surface area contributed by atoms with Crippen LogP contribution in [0.5, 0.6) is 0 Å². The molecule has 1 unspecified atom stereocenters. The van der Waals surface area contributed by atoms with Gasteiger partial charge in [0.2, 0.25) is 0 Å². The molecule has 112 valence electrons. The van der Waals surface area contributed by atoms with E-state index in [0.717, 1.165) is 17.8 Å². The molecule has 0 spiro atoms. The summed E-state index contributed by atoms with van der Waals surface area (Å²) in [5.41, 5.74) is 7.14. The molecule has 1 heteroatoms. The fraction of sp³-hybridized carbons (Fsp3) is 1.00. The molecule has 0 heterocycles. The van der Waals surface area contributed by atoms with Crippen LogP contribution in [0.15, 0.2) is 0 Å². The highest BCUT2D eigenvalue weighted by Gasteiger charge is 2.34. The molecule has 2 aliphatic carbocycles. The van der Waals surface area contributed by atoms with Crippen LogP contribution < -0.4 is 5.73 Å². The molecule has 2 aliphatic rings. The van der Waals surface area contributed by atoms with Gasteiger partial charge in [-0.05, 0) is 61.7 Å². The van der Waals surface area contributed by atoms with Gasteiger partial charge in [-0.3, -0.25) is 0 Å². The molecule has 2 saturated carbocycles. The molecular weight excluding hydrogens is 230 g/mol. The van der Waals surface area contributed by atoms with Crippen LogP contribution in [0, 0.1) is 23.2 Å². The highest BCUT2D eigenvalue weighted by atomic mass is 14.7. The monoisotopic (exact) mass is 265 g/mol. The van der Waals surface area contributed by atoms with Crippen molar-refractivity contribution in [1.82, 2.24) is 0 Å². The van der Waals surface area contributed by atoms with Gasteiger partial charge in [-0.2, -0.15) is 0 Å². The molecule has 2 N–H and O–H groups in total. The van der Waals surface area contributed by atoms with Gasteiger partial charge in [0.15, 0.2) is 0 Å². The van der Waals surface area contributed by atoms with E-state index in [1.165, 1.54) is 64.2 Å². The molecule has 0 amide bonds. The Labute approximate surface area is 120 Å². The average molecular weight is 265 g/mol. The maximum Gasteiger partial charge on any atom is 0.00956 e. The summed E-state index contributed by atoms with van der Waals surface area (Å²) in [7, 11) is 0. The minimum Gasteiger partial charge on any atom is -0.327 e. The maximum atomic E-state index is 6.65. The Morgan fingerprint density at radius 1 is 0.737 bits per heavy atom. The molecule has 0 radical (unpaired) electrons. The second kappa shape index (κ2) is 6.61. The van der Waals surface area contributed by atoms with Crippen molar-refractivity contribution in [2.75, 3.05) is 0 Å². The second-order valence-corrected chi connectivity index (χ2v) is 8.31. The Balaban J connectivity index is 1.83. The summed E-state index contributed by atoms with van der Waals surface area (Å²) in [6.07, 6.45) is 14.1. The Hall–Kier alpha value is -0.0400. The number of hydrogen-bond acceptors (Lipinski definition) is 1. The molecule has 0 aliphatic heterocycles. The molecule has 1 atom stereocenters. The van der Waals surface area contributed by atoms with Gasteiger partial charge >= 0.3 is 0 Å². The van der Waals surface area contributed by atoms with Crippen molar-refractivity contribution in [2.45, 2.75) is 91.0 Å². The first kappa shape index (κ1) is 15.4. The van der Waals surface area contributed by atoms with Crippen LogP contribution in [-0.4, -0.2) is 6.04 Å². The van der Waals surface area contributed by atoms with Crippen molar-refractivity contribution < 1.29 is 0 Å². The van der Waals surface area contributed by atoms with E-state index in [9.17, 15) is 0 Å². The normalized spacial score (nSPS) is 32.8. The second-order valence-electron chi connectivity index (χ2n) is 8.31. The Kier molecular flexibility index (Phi) is 5.34. The fourth-order valence-corrected chi connectivity index (χ4v) is 4.45. The third-order valence-corrected chi connectivity index (χ3v) is 5.99. The lowest BCUT2D eigenvalue weighted by molar-refractivity contribution is 0.124. The molecule has 2 fully saturated rings. The molecule has 2 rings (SSSR count). The maximum absolute atomic E-state index is 6.65. The van der Waals surface area contributed by atoms with E-state index in [2.05, 4.69) is 20.8 Å². The van der Waals surface area contributed by atoms with Crippen LogP contribution in [0.1, 0.15) is 85.0 Å². The van der Waals surface area contributed by atoms with Gasteiger partial charge in [-0.15, -0.1) is 0 Å². The minimum absolute atomic E-state index is 0.497. The molecule has 0 aromatic heterocycles. The first-order valence-electron chi connectivity index (χ1n) is 8.74. The smallest absolute Gasteiger partial charge is 0.00956 e. The molecule has 0 saturated heterocycles. The standard InChI is InChI=1S/C18H35N/c1-18(2,3)16-12-10-15(11-13-16)17(19)14-8-6-4-5-7-9-14/h14-17H,4-13,19H2,1-3H3. The zero-order chi connectivity index (χ0) is 13.9. The average Bonchev–Trinajstić information content (AvgIpc) is 2.66. The van der Waals surface area contributed by atoms with Gasteiger partial charge in [-0.1, -0.05) is 46.5 Å². The third-order valence-electron chi connectivity index (χ3n) is 5.99. The molecule has 0 bridgehead atoms. The van der Waals surface area contributed by atoms with Crippen LogP contribution >= 0.6 is 0 Å². The predicted molar refractivity (Wildman–Crippen MR) is 84.1 cm³/mol. The lowest BCUT2D eigenvalue weighted by Crippen LogP contribution is -2.40. The molecule has 19 heavy (non-hydrogen) atoms. The van der Waals surface area contributed by atoms with Crippen molar-refractivity contribution in [2.24, 2.45) is 28.9 Å². The zero-order valence-electron chi connectivity index (χ0n) is 13.5. The van der Waals surface area contributed by atoms with Gasteiger partial charge in [0.25, 0.3) is 0 Å². The van der Waals surface area contributed by atoms with Crippen LogP contribution in [0.4, 0.5) is 0 Å². The van der Waals surface area contributed by atoms with E-state index in [-0.39, 0.29) is 0 Å². The quantitative estimate of drug-likeness (QED) is 0.688. The number of hydrogen-bond donors (Lipinski definition) is 1. The Morgan fingerprint density at radius 3 is 1.68 bits per heavy atom. The predicted octanol–water partition coefficient (Wildman–Crippen LogP) is 5.14. The van der Waals surface area contributed by atoms with Crippen LogP contribution in [0.3, 0.4) is 0 Å². The third kappa shape index (κ3) is 4.21. The lowest BCUT2D eigenvalue weighted by Gasteiger charge is -2.40. The van der Waals surface area contributed by atoms with Gasteiger partial charge in [0.1, 0.15) is 0 Å². The first-order chi connectivity index (χ1) is 8.98. The Morgan fingerprint density at radius 2 is 1.21 bits per heavy atom. The zero-order valence-corrected chi connectivity index (χ0v) is 13.5. The van der Waals surface area contributed by atoms with E-state index >= 15 is 0 Å².